The first-order valence-electron chi connectivity index (χ1n) is 7.10. The molecule has 1 saturated heterocycles. The molecule has 0 spiro atoms. The van der Waals surface area contributed by atoms with Gasteiger partial charge in [-0.25, -0.2) is 0 Å². The maximum Gasteiger partial charge on any atom is 0.306 e. The Bertz CT molecular complexity index is 273. The van der Waals surface area contributed by atoms with Gasteiger partial charge in [-0.15, -0.1) is 0 Å². The van der Waals surface area contributed by atoms with E-state index in [0.29, 0.717) is 5.92 Å². The van der Waals surface area contributed by atoms with Crippen LogP contribution in [0.4, 0.5) is 0 Å². The molecular formula is C14H25NO2. The quantitative estimate of drug-likeness (QED) is 0.820. The fourth-order valence-electron chi connectivity index (χ4n) is 3.48. The molecule has 1 heterocycles. The maximum absolute atomic E-state index is 10.9. The Morgan fingerprint density at radius 3 is 2.59 bits per heavy atom. The topological polar surface area (TPSA) is 40.5 Å². The van der Waals surface area contributed by atoms with Crippen LogP contribution in [-0.2, 0) is 4.79 Å². The lowest BCUT2D eigenvalue weighted by molar-refractivity contribution is -0.146. The molecule has 1 saturated carbocycles. The number of carboxylic acids is 1. The predicted molar refractivity (Wildman–Crippen MR) is 67.9 cm³/mol. The Morgan fingerprint density at radius 2 is 2.00 bits per heavy atom. The van der Waals surface area contributed by atoms with Crippen LogP contribution in [0.1, 0.15) is 46.0 Å². The van der Waals surface area contributed by atoms with Crippen molar-refractivity contribution < 1.29 is 9.90 Å². The van der Waals surface area contributed by atoms with Gasteiger partial charge in [0.05, 0.1) is 5.92 Å². The van der Waals surface area contributed by atoms with Crippen molar-refractivity contribution in [3.63, 3.8) is 0 Å². The van der Waals surface area contributed by atoms with Crippen LogP contribution in [0.3, 0.4) is 0 Å². The summed E-state index contributed by atoms with van der Waals surface area (Å²) >= 11 is 0. The fraction of sp³-hybridized carbons (Fsp3) is 0.929. The third-order valence-electron chi connectivity index (χ3n) is 4.90. The lowest BCUT2D eigenvalue weighted by Crippen LogP contribution is -2.57. The summed E-state index contributed by atoms with van der Waals surface area (Å²) in [4.78, 5) is 13.5. The van der Waals surface area contributed by atoms with E-state index in [1.807, 2.05) is 6.92 Å². The number of aliphatic carboxylic acids is 1. The highest BCUT2D eigenvalue weighted by Gasteiger charge is 2.40. The van der Waals surface area contributed by atoms with E-state index in [4.69, 9.17) is 5.11 Å². The van der Waals surface area contributed by atoms with Crippen LogP contribution < -0.4 is 0 Å². The molecule has 2 aliphatic rings. The predicted octanol–water partition coefficient (Wildman–Crippen LogP) is 2.61. The van der Waals surface area contributed by atoms with Gasteiger partial charge in [0.25, 0.3) is 0 Å². The minimum absolute atomic E-state index is 0.171. The molecule has 2 rings (SSSR count). The van der Waals surface area contributed by atoms with Crippen molar-refractivity contribution in [1.29, 1.82) is 0 Å². The Balaban J connectivity index is 1.83. The number of likely N-dealkylation sites (tertiary alicyclic amines) is 1. The zero-order valence-electron chi connectivity index (χ0n) is 11.1. The summed E-state index contributed by atoms with van der Waals surface area (Å²) in [5, 5.41) is 8.99. The van der Waals surface area contributed by atoms with Gasteiger partial charge >= 0.3 is 5.97 Å². The van der Waals surface area contributed by atoms with E-state index in [0.717, 1.165) is 25.0 Å². The standard InChI is InChI=1S/C14H25NO2/c1-3-11-6-4-5-7-13(11)15-8-12(9-15)10(2)14(16)17/h10-13H,3-9H2,1-2H3,(H,16,17). The van der Waals surface area contributed by atoms with Crippen LogP contribution in [0.5, 0.6) is 0 Å². The summed E-state index contributed by atoms with van der Waals surface area (Å²) in [6.45, 7) is 6.16. The number of hydrogen-bond donors (Lipinski definition) is 1. The summed E-state index contributed by atoms with van der Waals surface area (Å²) in [6.07, 6.45) is 6.72. The van der Waals surface area contributed by atoms with E-state index in [1.165, 1.54) is 32.1 Å². The second kappa shape index (κ2) is 5.38. The summed E-state index contributed by atoms with van der Waals surface area (Å²) in [5.41, 5.74) is 0. The Morgan fingerprint density at radius 1 is 1.35 bits per heavy atom. The van der Waals surface area contributed by atoms with E-state index in [9.17, 15) is 4.79 Å². The average Bonchev–Trinajstić information content (AvgIpc) is 2.27. The molecule has 1 N–H and O–H groups in total. The normalized spacial score (nSPS) is 33.1. The molecule has 3 heteroatoms. The largest absolute Gasteiger partial charge is 0.481 e. The van der Waals surface area contributed by atoms with Crippen molar-refractivity contribution in [2.75, 3.05) is 13.1 Å². The molecule has 98 valence electrons. The van der Waals surface area contributed by atoms with Gasteiger partial charge in [-0.3, -0.25) is 9.69 Å². The highest BCUT2D eigenvalue weighted by Crippen LogP contribution is 2.36. The van der Waals surface area contributed by atoms with Crippen molar-refractivity contribution in [3.8, 4) is 0 Å². The lowest BCUT2D eigenvalue weighted by atomic mass is 9.77. The Labute approximate surface area is 104 Å². The summed E-state index contributed by atoms with van der Waals surface area (Å²) in [7, 11) is 0. The third-order valence-corrected chi connectivity index (χ3v) is 4.90. The molecule has 0 radical (unpaired) electrons. The number of rotatable bonds is 4. The van der Waals surface area contributed by atoms with Gasteiger partial charge in [0, 0.05) is 19.1 Å². The van der Waals surface area contributed by atoms with Gasteiger partial charge < -0.3 is 5.11 Å². The first-order chi connectivity index (χ1) is 8.13. The van der Waals surface area contributed by atoms with Gasteiger partial charge in [0.1, 0.15) is 0 Å². The average molecular weight is 239 g/mol. The minimum atomic E-state index is -0.634. The van der Waals surface area contributed by atoms with Crippen molar-refractivity contribution in [2.24, 2.45) is 17.8 Å². The first-order valence-corrected chi connectivity index (χ1v) is 7.10. The first kappa shape index (κ1) is 12.9. The van der Waals surface area contributed by atoms with Gasteiger partial charge in [-0.05, 0) is 24.7 Å². The molecular weight excluding hydrogens is 214 g/mol. The van der Waals surface area contributed by atoms with Gasteiger partial charge in [-0.1, -0.05) is 33.1 Å². The van der Waals surface area contributed by atoms with E-state index < -0.39 is 5.97 Å². The molecule has 0 aromatic carbocycles. The van der Waals surface area contributed by atoms with Crippen molar-refractivity contribution in [1.82, 2.24) is 4.90 Å². The molecule has 3 atom stereocenters. The number of hydrogen-bond acceptors (Lipinski definition) is 2. The number of carboxylic acid groups (broad SMARTS) is 1. The molecule has 0 amide bonds. The molecule has 3 nitrogen and oxygen atoms in total. The zero-order chi connectivity index (χ0) is 12.4. The van der Waals surface area contributed by atoms with Crippen LogP contribution in [0.25, 0.3) is 0 Å². The monoisotopic (exact) mass is 239 g/mol. The maximum atomic E-state index is 10.9. The highest BCUT2D eigenvalue weighted by atomic mass is 16.4. The van der Waals surface area contributed by atoms with E-state index >= 15 is 0 Å². The van der Waals surface area contributed by atoms with E-state index in [1.54, 1.807) is 0 Å². The zero-order valence-corrected chi connectivity index (χ0v) is 11.1. The molecule has 0 aromatic rings. The van der Waals surface area contributed by atoms with Crippen LogP contribution in [-0.4, -0.2) is 35.1 Å². The van der Waals surface area contributed by atoms with E-state index in [2.05, 4.69) is 11.8 Å². The van der Waals surface area contributed by atoms with Crippen LogP contribution in [0.2, 0.25) is 0 Å². The summed E-state index contributed by atoms with van der Waals surface area (Å²) < 4.78 is 0. The molecule has 17 heavy (non-hydrogen) atoms. The van der Waals surface area contributed by atoms with Crippen LogP contribution in [0, 0.1) is 17.8 Å². The number of nitrogens with zero attached hydrogens (tertiary/aromatic N) is 1. The SMILES string of the molecule is CCC1CCCCC1N1CC(C(C)C(=O)O)C1. The van der Waals surface area contributed by atoms with Crippen molar-refractivity contribution >= 4 is 5.97 Å². The lowest BCUT2D eigenvalue weighted by Gasteiger charge is -2.49. The summed E-state index contributed by atoms with van der Waals surface area (Å²) in [5.74, 6) is 0.428. The Hall–Kier alpha value is -0.570. The molecule has 3 unspecified atom stereocenters. The van der Waals surface area contributed by atoms with E-state index in [-0.39, 0.29) is 5.92 Å². The minimum Gasteiger partial charge on any atom is -0.481 e. The second-order valence-electron chi connectivity index (χ2n) is 5.86. The van der Waals surface area contributed by atoms with Gasteiger partial charge in [0.15, 0.2) is 0 Å². The fourth-order valence-corrected chi connectivity index (χ4v) is 3.48. The van der Waals surface area contributed by atoms with Crippen molar-refractivity contribution in [2.45, 2.75) is 52.0 Å². The third kappa shape index (κ3) is 2.65. The molecule has 0 aromatic heterocycles. The van der Waals surface area contributed by atoms with Crippen molar-refractivity contribution in [3.05, 3.63) is 0 Å². The van der Waals surface area contributed by atoms with Gasteiger partial charge in [-0.2, -0.15) is 0 Å². The Kier molecular flexibility index (Phi) is 4.08. The summed E-state index contributed by atoms with van der Waals surface area (Å²) in [6, 6.07) is 0.742. The van der Waals surface area contributed by atoms with Gasteiger partial charge in [0.2, 0.25) is 0 Å². The number of carbonyl (C=O) groups is 1. The molecule has 0 bridgehead atoms. The van der Waals surface area contributed by atoms with Crippen LogP contribution >= 0.6 is 0 Å². The smallest absolute Gasteiger partial charge is 0.306 e. The second-order valence-corrected chi connectivity index (χ2v) is 5.86. The highest BCUT2D eigenvalue weighted by molar-refractivity contribution is 5.70. The van der Waals surface area contributed by atoms with Crippen LogP contribution in [0.15, 0.2) is 0 Å². The molecule has 1 aliphatic heterocycles. The molecule has 2 fully saturated rings. The molecule has 1 aliphatic carbocycles.